The third kappa shape index (κ3) is 4.44. The zero-order valence-electron chi connectivity index (χ0n) is 16.3. The lowest BCUT2D eigenvalue weighted by molar-refractivity contribution is -0.123. The van der Waals surface area contributed by atoms with Crippen LogP contribution in [0.25, 0.3) is 0 Å². The molecule has 1 N–H and O–H groups in total. The smallest absolute Gasteiger partial charge is 0.244 e. The second-order valence-electron chi connectivity index (χ2n) is 8.17. The Bertz CT molecular complexity index is 946. The number of nitrogens with zero attached hydrogens (tertiary/aromatic N) is 1. The molecular weight excluding hydrogens is 407 g/mol. The summed E-state index contributed by atoms with van der Waals surface area (Å²) in [6, 6.07) is 12.9. The molecule has 0 radical (unpaired) electrons. The Morgan fingerprint density at radius 2 is 2.07 bits per heavy atom. The number of nitrogens with one attached hydrogen (secondary N) is 1. The van der Waals surface area contributed by atoms with Crippen molar-refractivity contribution in [2.24, 2.45) is 22.4 Å². The fourth-order valence-corrected chi connectivity index (χ4v) is 5.02. The second kappa shape index (κ2) is 8.37. The first-order chi connectivity index (χ1) is 14.0. The van der Waals surface area contributed by atoms with Crippen LogP contribution in [0.15, 0.2) is 47.6 Å². The van der Waals surface area contributed by atoms with Gasteiger partial charge in [-0.15, -0.1) is 0 Å². The molecule has 152 valence electrons. The van der Waals surface area contributed by atoms with E-state index >= 15 is 0 Å². The molecule has 1 amide bonds. The topological polar surface area (TPSA) is 50.7 Å². The molecule has 2 aromatic rings. The third-order valence-electron chi connectivity index (χ3n) is 6.25. The van der Waals surface area contributed by atoms with Gasteiger partial charge in [0.2, 0.25) is 5.91 Å². The van der Waals surface area contributed by atoms with Crippen LogP contribution in [-0.4, -0.2) is 12.1 Å². The van der Waals surface area contributed by atoms with E-state index in [9.17, 15) is 4.79 Å². The SMILES string of the molecule is C[C@]12CCCC[C@H]1[C@H]2C(=O)N/N=C\c1cc(Cl)ccc1OCc1cccc(Cl)c1. The molecule has 2 aliphatic carbocycles. The first-order valence-electron chi connectivity index (χ1n) is 9.97. The molecule has 0 bridgehead atoms. The summed E-state index contributed by atoms with van der Waals surface area (Å²) >= 11 is 12.2. The van der Waals surface area contributed by atoms with Gasteiger partial charge in [0.05, 0.1) is 6.21 Å². The number of rotatable bonds is 6. The van der Waals surface area contributed by atoms with Crippen LogP contribution in [0.3, 0.4) is 0 Å². The van der Waals surface area contributed by atoms with Gasteiger partial charge in [-0.2, -0.15) is 5.10 Å². The van der Waals surface area contributed by atoms with Gasteiger partial charge < -0.3 is 4.74 Å². The Morgan fingerprint density at radius 1 is 1.24 bits per heavy atom. The molecule has 2 aromatic carbocycles. The summed E-state index contributed by atoms with van der Waals surface area (Å²) in [4.78, 5) is 12.6. The predicted molar refractivity (Wildman–Crippen MR) is 117 cm³/mol. The maximum Gasteiger partial charge on any atom is 0.244 e. The summed E-state index contributed by atoms with van der Waals surface area (Å²) in [7, 11) is 0. The number of ether oxygens (including phenoxy) is 1. The van der Waals surface area contributed by atoms with E-state index in [1.54, 1.807) is 24.4 Å². The van der Waals surface area contributed by atoms with Gasteiger partial charge >= 0.3 is 0 Å². The first-order valence-corrected chi connectivity index (χ1v) is 10.7. The summed E-state index contributed by atoms with van der Waals surface area (Å²) < 4.78 is 5.92. The summed E-state index contributed by atoms with van der Waals surface area (Å²) in [6.07, 6.45) is 6.31. The van der Waals surface area contributed by atoms with E-state index in [1.807, 2.05) is 24.3 Å². The van der Waals surface area contributed by atoms with E-state index in [-0.39, 0.29) is 17.2 Å². The number of carbonyl (C=O) groups is 1. The Hall–Kier alpha value is -2.04. The number of hydrogen-bond donors (Lipinski definition) is 1. The van der Waals surface area contributed by atoms with Crippen LogP contribution < -0.4 is 10.2 Å². The molecule has 2 aliphatic rings. The lowest BCUT2D eigenvalue weighted by atomic mass is 9.90. The van der Waals surface area contributed by atoms with Crippen LogP contribution in [0, 0.1) is 17.3 Å². The Labute approximate surface area is 181 Å². The molecule has 4 rings (SSSR count). The Morgan fingerprint density at radius 3 is 2.83 bits per heavy atom. The summed E-state index contributed by atoms with van der Waals surface area (Å²) in [6.45, 7) is 2.60. The van der Waals surface area contributed by atoms with E-state index in [4.69, 9.17) is 27.9 Å². The minimum Gasteiger partial charge on any atom is -0.488 e. The molecule has 0 spiro atoms. The summed E-state index contributed by atoms with van der Waals surface area (Å²) in [5, 5.41) is 5.42. The maximum atomic E-state index is 12.6. The molecule has 0 aliphatic heterocycles. The third-order valence-corrected chi connectivity index (χ3v) is 6.72. The minimum absolute atomic E-state index is 0.0130. The molecule has 2 saturated carbocycles. The first kappa shape index (κ1) is 20.2. The van der Waals surface area contributed by atoms with Crippen LogP contribution >= 0.6 is 23.2 Å². The largest absolute Gasteiger partial charge is 0.488 e. The number of amides is 1. The van der Waals surface area contributed by atoms with Crippen LogP contribution in [0.1, 0.15) is 43.7 Å². The van der Waals surface area contributed by atoms with Gasteiger partial charge in [-0.1, -0.05) is 55.1 Å². The zero-order chi connectivity index (χ0) is 20.4. The summed E-state index contributed by atoms with van der Waals surface area (Å²) in [5.74, 6) is 1.24. The molecule has 4 nitrogen and oxygen atoms in total. The second-order valence-corrected chi connectivity index (χ2v) is 9.04. The molecular formula is C23H24Cl2N2O2. The van der Waals surface area contributed by atoms with Crippen molar-refractivity contribution in [1.82, 2.24) is 5.43 Å². The van der Waals surface area contributed by atoms with Crippen molar-refractivity contribution in [3.8, 4) is 5.75 Å². The molecule has 0 aromatic heterocycles. The normalized spacial score (nSPS) is 25.5. The van der Waals surface area contributed by atoms with Crippen LogP contribution in [-0.2, 0) is 11.4 Å². The van der Waals surface area contributed by atoms with Crippen molar-refractivity contribution >= 4 is 35.3 Å². The average molecular weight is 431 g/mol. The van der Waals surface area contributed by atoms with Gasteiger partial charge in [-0.3, -0.25) is 4.79 Å². The number of benzene rings is 2. The van der Waals surface area contributed by atoms with E-state index in [1.165, 1.54) is 12.8 Å². The predicted octanol–water partition coefficient (Wildman–Crippen LogP) is 5.85. The number of hydrogen-bond acceptors (Lipinski definition) is 3. The molecule has 0 heterocycles. The molecule has 0 unspecified atom stereocenters. The van der Waals surface area contributed by atoms with Gasteiger partial charge in [-0.05, 0) is 60.1 Å². The van der Waals surface area contributed by atoms with Crippen molar-refractivity contribution < 1.29 is 9.53 Å². The Kier molecular flexibility index (Phi) is 5.84. The van der Waals surface area contributed by atoms with Crippen molar-refractivity contribution in [2.75, 3.05) is 0 Å². The van der Waals surface area contributed by atoms with Crippen molar-refractivity contribution in [3.05, 3.63) is 63.6 Å². The fraction of sp³-hybridized carbons (Fsp3) is 0.391. The molecule has 0 saturated heterocycles. The minimum atomic E-state index is 0.0130. The summed E-state index contributed by atoms with van der Waals surface area (Å²) in [5.41, 5.74) is 4.56. The molecule has 6 heteroatoms. The van der Waals surface area contributed by atoms with E-state index in [0.717, 1.165) is 18.4 Å². The van der Waals surface area contributed by atoms with Gasteiger partial charge in [0, 0.05) is 21.5 Å². The van der Waals surface area contributed by atoms with E-state index in [0.29, 0.717) is 33.9 Å². The highest BCUT2D eigenvalue weighted by Crippen LogP contribution is 2.66. The van der Waals surface area contributed by atoms with E-state index < -0.39 is 0 Å². The average Bonchev–Trinajstić information content (AvgIpc) is 3.33. The van der Waals surface area contributed by atoms with E-state index in [2.05, 4.69) is 17.5 Å². The van der Waals surface area contributed by atoms with Crippen LogP contribution in [0.5, 0.6) is 5.75 Å². The highest BCUT2D eigenvalue weighted by molar-refractivity contribution is 6.31. The highest BCUT2D eigenvalue weighted by Gasteiger charge is 2.64. The van der Waals surface area contributed by atoms with Gasteiger partial charge in [0.1, 0.15) is 12.4 Å². The highest BCUT2D eigenvalue weighted by atomic mass is 35.5. The Balaban J connectivity index is 1.40. The zero-order valence-corrected chi connectivity index (χ0v) is 17.8. The van der Waals surface area contributed by atoms with Gasteiger partial charge in [0.15, 0.2) is 0 Å². The monoisotopic (exact) mass is 430 g/mol. The van der Waals surface area contributed by atoms with Crippen molar-refractivity contribution in [2.45, 2.75) is 39.2 Å². The maximum absolute atomic E-state index is 12.6. The van der Waals surface area contributed by atoms with Crippen molar-refractivity contribution in [1.29, 1.82) is 0 Å². The molecule has 3 atom stereocenters. The fourth-order valence-electron chi connectivity index (χ4n) is 4.62. The number of carbonyl (C=O) groups excluding carboxylic acids is 1. The lowest BCUT2D eigenvalue weighted by Crippen LogP contribution is -2.22. The number of fused-ring (bicyclic) bond motifs is 1. The number of halogens is 2. The number of hydrazone groups is 1. The van der Waals surface area contributed by atoms with Crippen LogP contribution in [0.2, 0.25) is 10.0 Å². The standard InChI is InChI=1S/C23H24Cl2N2O2/c1-23-10-3-2-7-19(23)21(23)22(28)27-26-13-16-12-18(25)8-9-20(16)29-14-15-5-4-6-17(24)11-15/h4-6,8-9,11-13,19,21H,2-3,7,10,14H2,1H3,(H,27,28)/b26-13-/t19-,21-,23-/m0/s1. The molecule has 2 fully saturated rings. The lowest BCUT2D eigenvalue weighted by Gasteiger charge is -2.15. The van der Waals surface area contributed by atoms with Gasteiger partial charge in [0.25, 0.3) is 0 Å². The van der Waals surface area contributed by atoms with Crippen LogP contribution in [0.4, 0.5) is 0 Å². The van der Waals surface area contributed by atoms with Crippen molar-refractivity contribution in [3.63, 3.8) is 0 Å². The van der Waals surface area contributed by atoms with Gasteiger partial charge in [-0.25, -0.2) is 5.43 Å². The quantitative estimate of drug-likeness (QED) is 0.461. The molecule has 29 heavy (non-hydrogen) atoms.